The van der Waals surface area contributed by atoms with Gasteiger partial charge >= 0.3 is 0 Å². The highest BCUT2D eigenvalue weighted by molar-refractivity contribution is 9.10. The summed E-state index contributed by atoms with van der Waals surface area (Å²) in [6, 6.07) is 23.5. The first-order valence-electron chi connectivity index (χ1n) is 10.6. The van der Waals surface area contributed by atoms with Crippen LogP contribution in [0.3, 0.4) is 0 Å². The van der Waals surface area contributed by atoms with Crippen LogP contribution in [0.1, 0.15) is 25.0 Å². The molecule has 3 nitrogen and oxygen atoms in total. The fourth-order valence-corrected chi connectivity index (χ4v) is 4.29. The van der Waals surface area contributed by atoms with Crippen LogP contribution in [0.25, 0.3) is 10.8 Å². The number of hydrogen-bond donors (Lipinski definition) is 2. The molecule has 0 aliphatic rings. The van der Waals surface area contributed by atoms with Gasteiger partial charge in [-0.1, -0.05) is 70.5 Å². The first-order valence-corrected chi connectivity index (χ1v) is 11.4. The molecule has 0 bridgehead atoms. The second-order valence-corrected chi connectivity index (χ2v) is 9.83. The van der Waals surface area contributed by atoms with E-state index in [-0.39, 0.29) is 5.54 Å². The minimum Gasteiger partial charge on any atom is -0.390 e. The Kier molecular flexibility index (Phi) is 8.06. The largest absolute Gasteiger partial charge is 0.390 e. The van der Waals surface area contributed by atoms with Crippen LogP contribution in [0.2, 0.25) is 0 Å². The minimum absolute atomic E-state index is 0.0850. The van der Waals surface area contributed by atoms with E-state index < -0.39 is 6.10 Å². The fourth-order valence-electron chi connectivity index (χ4n) is 3.84. The van der Waals surface area contributed by atoms with Crippen LogP contribution in [-0.2, 0) is 12.8 Å². The third-order valence-corrected chi connectivity index (χ3v) is 5.96. The Hall–Kier alpha value is -1.72. The molecule has 0 heterocycles. The number of nitrogens with one attached hydrogen (secondary N) is 1. The number of fused-ring (bicyclic) bond motifs is 1. The van der Waals surface area contributed by atoms with Crippen LogP contribution < -0.4 is 5.32 Å². The summed E-state index contributed by atoms with van der Waals surface area (Å²) in [5.41, 5.74) is 2.53. The quantitative estimate of drug-likeness (QED) is 0.436. The first kappa shape index (κ1) is 23.0. The Bertz CT molecular complexity index is 956. The van der Waals surface area contributed by atoms with E-state index in [9.17, 15) is 5.11 Å². The summed E-state index contributed by atoms with van der Waals surface area (Å²) in [7, 11) is 2.07. The molecule has 2 N–H and O–H groups in total. The van der Waals surface area contributed by atoms with Gasteiger partial charge in [0.1, 0.15) is 0 Å². The van der Waals surface area contributed by atoms with Crippen LogP contribution in [0.5, 0.6) is 0 Å². The number of hydrogen-bond acceptors (Lipinski definition) is 3. The second kappa shape index (κ2) is 10.5. The van der Waals surface area contributed by atoms with Crippen molar-refractivity contribution < 1.29 is 5.11 Å². The van der Waals surface area contributed by atoms with Crippen molar-refractivity contribution in [3.63, 3.8) is 0 Å². The molecule has 0 amide bonds. The molecule has 0 saturated carbocycles. The standard InChI is InChI=1S/C26H33BrN2O/c1-26(2,17-21-11-12-22-8-4-5-9-23(22)15-21)28-18-25(30)19-29(3)14-13-20-7-6-10-24(27)16-20/h4-12,15-16,25,28,30H,13-14,17-19H2,1-3H3/t25-/m1/s1. The number of likely N-dealkylation sites (N-methyl/N-ethyl adjacent to an activating group) is 1. The number of halogens is 1. The average molecular weight is 469 g/mol. The van der Waals surface area contributed by atoms with Crippen molar-refractivity contribution >= 4 is 26.7 Å². The van der Waals surface area contributed by atoms with Crippen LogP contribution in [-0.4, -0.2) is 48.3 Å². The van der Waals surface area contributed by atoms with Gasteiger partial charge < -0.3 is 15.3 Å². The SMILES string of the molecule is CN(CCc1cccc(Br)c1)C[C@H](O)CNC(C)(C)Cc1ccc2ccccc2c1. The molecular weight excluding hydrogens is 436 g/mol. The number of nitrogens with zero attached hydrogens (tertiary/aromatic N) is 1. The molecule has 0 unspecified atom stereocenters. The van der Waals surface area contributed by atoms with Gasteiger partial charge in [0.25, 0.3) is 0 Å². The van der Waals surface area contributed by atoms with Gasteiger partial charge in [0.15, 0.2) is 0 Å². The Labute approximate surface area is 189 Å². The molecule has 3 aromatic carbocycles. The summed E-state index contributed by atoms with van der Waals surface area (Å²) in [5.74, 6) is 0. The molecule has 3 rings (SSSR count). The van der Waals surface area contributed by atoms with Crippen molar-refractivity contribution in [1.29, 1.82) is 0 Å². The van der Waals surface area contributed by atoms with Crippen LogP contribution in [0.4, 0.5) is 0 Å². The van der Waals surface area contributed by atoms with Crippen molar-refractivity contribution in [1.82, 2.24) is 10.2 Å². The van der Waals surface area contributed by atoms with E-state index in [0.29, 0.717) is 13.1 Å². The molecule has 0 aromatic heterocycles. The van der Waals surface area contributed by atoms with E-state index in [1.165, 1.54) is 21.9 Å². The number of benzene rings is 3. The highest BCUT2D eigenvalue weighted by Crippen LogP contribution is 2.19. The van der Waals surface area contributed by atoms with Gasteiger partial charge in [0.05, 0.1) is 6.10 Å². The zero-order valence-corrected chi connectivity index (χ0v) is 19.8. The minimum atomic E-state index is -0.395. The molecule has 1 atom stereocenters. The Morgan fingerprint density at radius 2 is 1.73 bits per heavy atom. The van der Waals surface area contributed by atoms with E-state index in [1.807, 2.05) is 6.07 Å². The van der Waals surface area contributed by atoms with Gasteiger partial charge in [-0.2, -0.15) is 0 Å². The average Bonchev–Trinajstić information content (AvgIpc) is 2.71. The maximum atomic E-state index is 10.5. The molecule has 3 aromatic rings. The molecule has 4 heteroatoms. The van der Waals surface area contributed by atoms with Crippen molar-refractivity contribution in [3.8, 4) is 0 Å². The number of aliphatic hydroxyl groups excluding tert-OH is 1. The van der Waals surface area contributed by atoms with Gasteiger partial charge in [0, 0.05) is 29.6 Å². The van der Waals surface area contributed by atoms with Gasteiger partial charge in [-0.3, -0.25) is 0 Å². The Balaban J connectivity index is 1.44. The molecule has 0 aliphatic heterocycles. The maximum Gasteiger partial charge on any atom is 0.0791 e. The van der Waals surface area contributed by atoms with Gasteiger partial charge in [-0.15, -0.1) is 0 Å². The van der Waals surface area contributed by atoms with E-state index in [4.69, 9.17) is 0 Å². The normalized spacial score (nSPS) is 13.1. The molecule has 0 fully saturated rings. The van der Waals surface area contributed by atoms with Gasteiger partial charge in [0.2, 0.25) is 0 Å². The lowest BCUT2D eigenvalue weighted by atomic mass is 9.93. The zero-order valence-electron chi connectivity index (χ0n) is 18.2. The lowest BCUT2D eigenvalue weighted by Gasteiger charge is -2.29. The lowest BCUT2D eigenvalue weighted by molar-refractivity contribution is 0.116. The fraction of sp³-hybridized carbons (Fsp3) is 0.385. The third-order valence-electron chi connectivity index (χ3n) is 5.47. The van der Waals surface area contributed by atoms with Crippen LogP contribution >= 0.6 is 15.9 Å². The van der Waals surface area contributed by atoms with E-state index >= 15 is 0 Å². The van der Waals surface area contributed by atoms with E-state index in [0.717, 1.165) is 23.9 Å². The second-order valence-electron chi connectivity index (χ2n) is 8.92. The first-order chi connectivity index (χ1) is 14.3. The Morgan fingerprint density at radius 1 is 0.967 bits per heavy atom. The van der Waals surface area contributed by atoms with Crippen molar-refractivity contribution in [3.05, 3.63) is 82.3 Å². The molecule has 0 radical (unpaired) electrons. The van der Waals surface area contributed by atoms with Crippen LogP contribution in [0.15, 0.2) is 71.2 Å². The molecule has 160 valence electrons. The summed E-state index contributed by atoms with van der Waals surface area (Å²) in [6.45, 7) is 6.57. The summed E-state index contributed by atoms with van der Waals surface area (Å²) < 4.78 is 1.11. The van der Waals surface area contributed by atoms with Gasteiger partial charge in [-0.25, -0.2) is 0 Å². The molecule has 0 saturated heterocycles. The maximum absolute atomic E-state index is 10.5. The van der Waals surface area contributed by atoms with Crippen molar-refractivity contribution in [2.24, 2.45) is 0 Å². The topological polar surface area (TPSA) is 35.5 Å². The zero-order chi connectivity index (χ0) is 21.6. The highest BCUT2D eigenvalue weighted by Gasteiger charge is 2.20. The predicted octanol–water partition coefficient (Wildman–Crippen LogP) is 5.05. The summed E-state index contributed by atoms with van der Waals surface area (Å²) in [6.07, 6.45) is 1.50. The smallest absolute Gasteiger partial charge is 0.0791 e. The molecule has 30 heavy (non-hydrogen) atoms. The summed E-state index contributed by atoms with van der Waals surface area (Å²) >= 11 is 3.52. The monoisotopic (exact) mass is 468 g/mol. The lowest BCUT2D eigenvalue weighted by Crippen LogP contribution is -2.47. The number of rotatable bonds is 10. The van der Waals surface area contributed by atoms with Crippen molar-refractivity contribution in [2.75, 3.05) is 26.7 Å². The third kappa shape index (κ3) is 7.21. The summed E-state index contributed by atoms with van der Waals surface area (Å²) in [5, 5.41) is 16.6. The van der Waals surface area contributed by atoms with E-state index in [1.54, 1.807) is 0 Å². The Morgan fingerprint density at radius 3 is 2.50 bits per heavy atom. The number of aliphatic hydroxyl groups is 1. The highest BCUT2D eigenvalue weighted by atomic mass is 79.9. The van der Waals surface area contributed by atoms with E-state index in [2.05, 4.69) is 108 Å². The predicted molar refractivity (Wildman–Crippen MR) is 131 cm³/mol. The molecule has 0 spiro atoms. The molecular formula is C26H33BrN2O. The van der Waals surface area contributed by atoms with Crippen LogP contribution in [0, 0.1) is 0 Å². The van der Waals surface area contributed by atoms with Crippen molar-refractivity contribution in [2.45, 2.75) is 38.3 Å². The molecule has 0 aliphatic carbocycles. The number of β-amino-alcohol motifs (C(OH)–C–C–N with tert-alkyl or cyclic N) is 1. The summed E-state index contributed by atoms with van der Waals surface area (Å²) in [4.78, 5) is 2.20. The van der Waals surface area contributed by atoms with Gasteiger partial charge in [-0.05, 0) is 67.8 Å².